The van der Waals surface area contributed by atoms with Gasteiger partial charge in [-0.3, -0.25) is 0 Å². The van der Waals surface area contributed by atoms with Crippen LogP contribution in [0.1, 0.15) is 16.7 Å². The van der Waals surface area contributed by atoms with Crippen molar-refractivity contribution in [2.24, 2.45) is 5.10 Å². The van der Waals surface area contributed by atoms with Gasteiger partial charge in [0.1, 0.15) is 0 Å². The van der Waals surface area contributed by atoms with E-state index >= 15 is 0 Å². The Bertz CT molecular complexity index is 1180. The van der Waals surface area contributed by atoms with Crippen molar-refractivity contribution in [2.45, 2.75) is 13.1 Å². The summed E-state index contributed by atoms with van der Waals surface area (Å²) in [5.41, 5.74) is 4.58. The second kappa shape index (κ2) is 10.0. The van der Waals surface area contributed by atoms with Crippen molar-refractivity contribution in [1.82, 2.24) is 9.97 Å². The number of morpholine rings is 1. The van der Waals surface area contributed by atoms with Gasteiger partial charge in [0.2, 0.25) is 5.95 Å². The molecule has 0 bridgehead atoms. The van der Waals surface area contributed by atoms with Gasteiger partial charge in [0.25, 0.3) is 0 Å². The zero-order valence-electron chi connectivity index (χ0n) is 18.2. The molecule has 3 aromatic rings. The fraction of sp³-hybridized carbons (Fsp3) is 0.261. The Labute approximate surface area is 193 Å². The Morgan fingerprint density at radius 3 is 2.59 bits per heavy atom. The number of aromatic nitrogens is 2. The molecule has 1 fully saturated rings. The lowest BCUT2D eigenvalue weighted by Crippen LogP contribution is -2.37. The number of ether oxygens (including phenoxy) is 1. The Balaban J connectivity index is 1.42. The average Bonchev–Trinajstić information content (AvgIpc) is 2.82. The molecule has 0 atom stereocenters. The monoisotopic (exact) mass is 474 g/mol. The number of anilines is 4. The largest absolute Gasteiger partial charge is 0.416 e. The van der Waals surface area contributed by atoms with Crippen LogP contribution in [0, 0.1) is 12.7 Å². The molecule has 178 valence electrons. The number of nitrogens with zero attached hydrogens (tertiary/aromatic N) is 4. The maximum Gasteiger partial charge on any atom is 0.416 e. The molecule has 0 radical (unpaired) electrons. The molecule has 0 aliphatic carbocycles. The van der Waals surface area contributed by atoms with Crippen LogP contribution in [0.4, 0.5) is 40.7 Å². The molecule has 1 aromatic heterocycles. The predicted octanol–water partition coefficient (Wildman–Crippen LogP) is 4.97. The fourth-order valence-corrected chi connectivity index (χ4v) is 3.41. The van der Waals surface area contributed by atoms with Crippen LogP contribution >= 0.6 is 0 Å². The number of hydrazone groups is 1. The second-order valence-electron chi connectivity index (χ2n) is 7.61. The summed E-state index contributed by atoms with van der Waals surface area (Å²) in [5.74, 6) is -0.173. The van der Waals surface area contributed by atoms with Crippen molar-refractivity contribution >= 4 is 29.4 Å². The van der Waals surface area contributed by atoms with Gasteiger partial charge < -0.3 is 15.0 Å². The third-order valence-corrected chi connectivity index (χ3v) is 5.15. The van der Waals surface area contributed by atoms with E-state index in [1.54, 1.807) is 35.4 Å². The van der Waals surface area contributed by atoms with Gasteiger partial charge in [0.05, 0.1) is 31.2 Å². The van der Waals surface area contributed by atoms with Gasteiger partial charge in [-0.1, -0.05) is 12.1 Å². The van der Waals surface area contributed by atoms with Gasteiger partial charge in [0, 0.05) is 24.5 Å². The molecule has 2 heterocycles. The Morgan fingerprint density at radius 1 is 1.09 bits per heavy atom. The first-order chi connectivity index (χ1) is 16.3. The highest BCUT2D eigenvalue weighted by Gasteiger charge is 2.30. The number of nitrogens with one attached hydrogen (secondary N) is 2. The molecule has 34 heavy (non-hydrogen) atoms. The quantitative estimate of drug-likeness (QED) is 0.299. The van der Waals surface area contributed by atoms with Crippen molar-refractivity contribution in [3.63, 3.8) is 0 Å². The minimum Gasteiger partial charge on any atom is -0.378 e. The van der Waals surface area contributed by atoms with E-state index < -0.39 is 17.6 Å². The normalized spacial score (nSPS) is 14.4. The van der Waals surface area contributed by atoms with Crippen molar-refractivity contribution in [3.8, 4) is 0 Å². The predicted molar refractivity (Wildman–Crippen MR) is 122 cm³/mol. The standard InChI is InChI=1S/C23H22F4N6O/c1-15-11-19(30-18-4-2-3-17(12-18)23(25,26)27)6-5-16(15)13-29-32-22-28-14-20(24)21(31-22)33-7-9-34-10-8-33/h2-6,11-14,30H,7-10H2,1H3,(H,28,31,32)/b29-13+. The van der Waals surface area contributed by atoms with Crippen LogP contribution < -0.4 is 15.6 Å². The Morgan fingerprint density at radius 2 is 1.85 bits per heavy atom. The van der Waals surface area contributed by atoms with Crippen molar-refractivity contribution in [3.05, 3.63) is 71.2 Å². The van der Waals surface area contributed by atoms with Crippen LogP contribution in [0.5, 0.6) is 0 Å². The van der Waals surface area contributed by atoms with E-state index in [0.29, 0.717) is 37.7 Å². The summed E-state index contributed by atoms with van der Waals surface area (Å²) >= 11 is 0. The van der Waals surface area contributed by atoms with Crippen LogP contribution in [0.25, 0.3) is 0 Å². The van der Waals surface area contributed by atoms with Gasteiger partial charge in [-0.05, 0) is 48.4 Å². The van der Waals surface area contributed by atoms with Crippen LogP contribution in [0.2, 0.25) is 0 Å². The molecule has 2 aromatic carbocycles. The summed E-state index contributed by atoms with van der Waals surface area (Å²) in [6, 6.07) is 10.3. The van der Waals surface area contributed by atoms with Crippen LogP contribution in [-0.2, 0) is 10.9 Å². The van der Waals surface area contributed by atoms with E-state index in [9.17, 15) is 17.6 Å². The number of rotatable bonds is 6. The summed E-state index contributed by atoms with van der Waals surface area (Å²) in [5, 5.41) is 7.11. The second-order valence-corrected chi connectivity index (χ2v) is 7.61. The van der Waals surface area contributed by atoms with E-state index in [-0.39, 0.29) is 11.8 Å². The number of aryl methyl sites for hydroxylation is 1. The highest BCUT2D eigenvalue weighted by atomic mass is 19.4. The summed E-state index contributed by atoms with van der Waals surface area (Å²) in [4.78, 5) is 9.91. The van der Waals surface area contributed by atoms with Crippen LogP contribution in [0.15, 0.2) is 53.8 Å². The Hall–Kier alpha value is -3.73. The minimum absolute atomic E-state index is 0.152. The average molecular weight is 474 g/mol. The highest BCUT2D eigenvalue weighted by molar-refractivity contribution is 5.83. The lowest BCUT2D eigenvalue weighted by Gasteiger charge is -2.27. The summed E-state index contributed by atoms with van der Waals surface area (Å²) in [7, 11) is 0. The topological polar surface area (TPSA) is 74.7 Å². The molecule has 1 aliphatic rings. The van der Waals surface area contributed by atoms with E-state index in [1.165, 1.54) is 6.07 Å². The van der Waals surface area contributed by atoms with Crippen LogP contribution in [0.3, 0.4) is 0 Å². The van der Waals surface area contributed by atoms with Gasteiger partial charge in [-0.25, -0.2) is 14.8 Å². The van der Waals surface area contributed by atoms with Crippen molar-refractivity contribution in [1.29, 1.82) is 0 Å². The van der Waals surface area contributed by atoms with Gasteiger partial charge in [0.15, 0.2) is 11.6 Å². The first-order valence-electron chi connectivity index (χ1n) is 10.5. The SMILES string of the molecule is Cc1cc(Nc2cccc(C(F)(F)F)c2)ccc1/C=N/Nc1ncc(F)c(N2CCOCC2)n1. The summed E-state index contributed by atoms with van der Waals surface area (Å²) < 4.78 is 58.2. The lowest BCUT2D eigenvalue weighted by atomic mass is 10.1. The molecule has 2 N–H and O–H groups in total. The third-order valence-electron chi connectivity index (χ3n) is 5.15. The smallest absolute Gasteiger partial charge is 0.378 e. The molecule has 1 aliphatic heterocycles. The first kappa shape index (κ1) is 23.4. The first-order valence-corrected chi connectivity index (χ1v) is 10.5. The highest BCUT2D eigenvalue weighted by Crippen LogP contribution is 2.31. The minimum atomic E-state index is -4.40. The van der Waals surface area contributed by atoms with Crippen molar-refractivity contribution in [2.75, 3.05) is 41.9 Å². The third kappa shape index (κ3) is 5.79. The molecular weight excluding hydrogens is 452 g/mol. The Kier molecular flexibility index (Phi) is 6.92. The van der Waals surface area contributed by atoms with Crippen LogP contribution in [-0.4, -0.2) is 42.5 Å². The van der Waals surface area contributed by atoms with E-state index in [4.69, 9.17) is 4.74 Å². The number of halogens is 4. The fourth-order valence-electron chi connectivity index (χ4n) is 3.41. The molecule has 0 amide bonds. The number of hydrogen-bond acceptors (Lipinski definition) is 7. The molecule has 4 rings (SSSR count). The van der Waals surface area contributed by atoms with Gasteiger partial charge in [-0.2, -0.15) is 23.3 Å². The van der Waals surface area contributed by atoms with Crippen molar-refractivity contribution < 1.29 is 22.3 Å². The number of benzene rings is 2. The molecular formula is C23H22F4N6O. The number of hydrogen-bond donors (Lipinski definition) is 2. The molecule has 0 saturated carbocycles. The summed E-state index contributed by atoms with van der Waals surface area (Å²) in [6.07, 6.45) is -1.75. The van der Waals surface area contributed by atoms with Gasteiger partial charge in [-0.15, -0.1) is 0 Å². The zero-order valence-corrected chi connectivity index (χ0v) is 18.2. The molecule has 11 heteroatoms. The van der Waals surface area contributed by atoms with E-state index in [1.807, 2.05) is 6.92 Å². The molecule has 1 saturated heterocycles. The maximum atomic E-state index is 14.1. The lowest BCUT2D eigenvalue weighted by molar-refractivity contribution is -0.137. The molecule has 7 nitrogen and oxygen atoms in total. The maximum absolute atomic E-state index is 14.1. The molecule has 0 unspecified atom stereocenters. The zero-order chi connectivity index (χ0) is 24.1. The van der Waals surface area contributed by atoms with E-state index in [0.717, 1.165) is 29.5 Å². The number of alkyl halides is 3. The van der Waals surface area contributed by atoms with E-state index in [2.05, 4.69) is 25.8 Å². The summed E-state index contributed by atoms with van der Waals surface area (Å²) in [6.45, 7) is 3.93. The molecule has 0 spiro atoms. The van der Waals surface area contributed by atoms with Gasteiger partial charge >= 0.3 is 6.18 Å².